The molecule has 1 aliphatic heterocycles. The zero-order valence-electron chi connectivity index (χ0n) is 8.87. The van der Waals surface area contributed by atoms with Crippen molar-refractivity contribution in [1.82, 2.24) is 10.3 Å². The van der Waals surface area contributed by atoms with Crippen LogP contribution >= 0.6 is 0 Å². The third kappa shape index (κ3) is 2.39. The van der Waals surface area contributed by atoms with E-state index in [1.54, 1.807) is 6.07 Å². The van der Waals surface area contributed by atoms with Crippen molar-refractivity contribution < 1.29 is 14.8 Å². The van der Waals surface area contributed by atoms with Gasteiger partial charge in [-0.2, -0.15) is 0 Å². The summed E-state index contributed by atoms with van der Waals surface area (Å²) in [6.07, 6.45) is 2.39. The van der Waals surface area contributed by atoms with E-state index in [4.69, 9.17) is 5.11 Å². The molecule has 2 heterocycles. The number of hydrogen-bond acceptors (Lipinski definition) is 5. The van der Waals surface area contributed by atoms with Crippen molar-refractivity contribution in [2.24, 2.45) is 0 Å². The van der Waals surface area contributed by atoms with Crippen molar-refractivity contribution in [1.29, 1.82) is 0 Å². The Morgan fingerprint density at radius 2 is 2.29 bits per heavy atom. The summed E-state index contributed by atoms with van der Waals surface area (Å²) in [5, 5.41) is 22.2. The molecular formula is C10H11N3O4. The predicted octanol–water partition coefficient (Wildman–Crippen LogP) is 0.867. The van der Waals surface area contributed by atoms with Gasteiger partial charge in [-0.1, -0.05) is 0 Å². The first kappa shape index (κ1) is 11.5. The lowest BCUT2D eigenvalue weighted by atomic mass is 10.1. The van der Waals surface area contributed by atoms with Crippen LogP contribution in [-0.2, 0) is 4.79 Å². The van der Waals surface area contributed by atoms with E-state index >= 15 is 0 Å². The molecule has 2 atom stereocenters. The number of rotatable bonds is 3. The molecule has 0 saturated carbocycles. The van der Waals surface area contributed by atoms with Gasteiger partial charge in [0.05, 0.1) is 16.7 Å². The van der Waals surface area contributed by atoms with Gasteiger partial charge < -0.3 is 5.11 Å². The Kier molecular flexibility index (Phi) is 3.01. The molecule has 0 amide bonds. The second-order valence-corrected chi connectivity index (χ2v) is 3.89. The van der Waals surface area contributed by atoms with Gasteiger partial charge >= 0.3 is 5.97 Å². The lowest BCUT2D eigenvalue weighted by molar-refractivity contribution is -0.385. The largest absolute Gasteiger partial charge is 0.480 e. The van der Waals surface area contributed by atoms with E-state index in [2.05, 4.69) is 10.3 Å². The molecule has 90 valence electrons. The fraction of sp³-hybridized carbons (Fsp3) is 0.400. The van der Waals surface area contributed by atoms with E-state index in [1.807, 2.05) is 0 Å². The van der Waals surface area contributed by atoms with Crippen LogP contribution in [0.4, 0.5) is 5.69 Å². The molecule has 0 aliphatic carbocycles. The number of nitrogens with one attached hydrogen (secondary N) is 1. The van der Waals surface area contributed by atoms with Gasteiger partial charge in [-0.25, -0.2) is 0 Å². The van der Waals surface area contributed by atoms with Crippen molar-refractivity contribution in [3.05, 3.63) is 34.1 Å². The molecule has 0 radical (unpaired) electrons. The van der Waals surface area contributed by atoms with E-state index in [-0.39, 0.29) is 11.7 Å². The van der Waals surface area contributed by atoms with Crippen LogP contribution in [0.1, 0.15) is 24.6 Å². The van der Waals surface area contributed by atoms with Gasteiger partial charge in [-0.3, -0.25) is 25.2 Å². The van der Waals surface area contributed by atoms with Gasteiger partial charge in [0, 0.05) is 6.07 Å². The van der Waals surface area contributed by atoms with Crippen molar-refractivity contribution in [2.45, 2.75) is 24.9 Å². The molecule has 0 spiro atoms. The quantitative estimate of drug-likeness (QED) is 0.596. The summed E-state index contributed by atoms with van der Waals surface area (Å²) in [6.45, 7) is 0. The fourth-order valence-corrected chi connectivity index (χ4v) is 1.88. The van der Waals surface area contributed by atoms with Crippen LogP contribution in [0.3, 0.4) is 0 Å². The van der Waals surface area contributed by atoms with Crippen LogP contribution in [0.15, 0.2) is 18.3 Å². The molecule has 0 aromatic carbocycles. The highest BCUT2D eigenvalue weighted by molar-refractivity contribution is 5.73. The molecule has 0 bridgehead atoms. The zero-order valence-corrected chi connectivity index (χ0v) is 8.87. The summed E-state index contributed by atoms with van der Waals surface area (Å²) < 4.78 is 0. The van der Waals surface area contributed by atoms with Crippen molar-refractivity contribution in [2.75, 3.05) is 0 Å². The maximum absolute atomic E-state index is 10.7. The Hall–Kier alpha value is -2.02. The maximum atomic E-state index is 10.7. The van der Waals surface area contributed by atoms with Crippen LogP contribution in [0.5, 0.6) is 0 Å². The minimum absolute atomic E-state index is 0.0680. The third-order valence-electron chi connectivity index (χ3n) is 2.78. The third-order valence-corrected chi connectivity index (χ3v) is 2.78. The Bertz CT molecular complexity index is 445. The van der Waals surface area contributed by atoms with Crippen molar-refractivity contribution >= 4 is 11.7 Å². The fourth-order valence-electron chi connectivity index (χ4n) is 1.88. The summed E-state index contributed by atoms with van der Waals surface area (Å²) in [6, 6.07) is 2.23. The smallest absolute Gasteiger partial charge is 0.320 e. The molecule has 7 heteroatoms. The van der Waals surface area contributed by atoms with Crippen LogP contribution in [-0.4, -0.2) is 27.0 Å². The Morgan fingerprint density at radius 3 is 2.76 bits per heavy atom. The molecular weight excluding hydrogens is 226 g/mol. The van der Waals surface area contributed by atoms with Gasteiger partial charge in [0.2, 0.25) is 0 Å². The minimum atomic E-state index is -0.880. The number of aromatic nitrogens is 1. The maximum Gasteiger partial charge on any atom is 0.320 e. The van der Waals surface area contributed by atoms with Crippen LogP contribution < -0.4 is 5.32 Å². The lowest BCUT2D eigenvalue weighted by Gasteiger charge is -2.10. The van der Waals surface area contributed by atoms with Gasteiger partial charge in [-0.05, 0) is 18.9 Å². The van der Waals surface area contributed by atoms with Crippen molar-refractivity contribution in [3.8, 4) is 0 Å². The van der Waals surface area contributed by atoms with E-state index in [1.165, 1.54) is 12.3 Å². The molecule has 1 aromatic heterocycles. The summed E-state index contributed by atoms with van der Waals surface area (Å²) in [4.78, 5) is 24.7. The Labute approximate surface area is 96.6 Å². The van der Waals surface area contributed by atoms with Crippen LogP contribution in [0.25, 0.3) is 0 Å². The molecule has 1 saturated heterocycles. The second-order valence-electron chi connectivity index (χ2n) is 3.89. The second kappa shape index (κ2) is 4.46. The molecule has 17 heavy (non-hydrogen) atoms. The first-order valence-corrected chi connectivity index (χ1v) is 5.17. The van der Waals surface area contributed by atoms with Gasteiger partial charge in [0.25, 0.3) is 5.69 Å². The summed E-state index contributed by atoms with van der Waals surface area (Å²) in [7, 11) is 0. The lowest BCUT2D eigenvalue weighted by Crippen LogP contribution is -2.32. The SMILES string of the molecule is O=C(O)[C@H]1CC[C@@H](c2ccc([N+](=O)[O-])cn2)N1. The summed E-state index contributed by atoms with van der Waals surface area (Å²) >= 11 is 0. The van der Waals surface area contributed by atoms with E-state index in [0.717, 1.165) is 0 Å². The molecule has 2 N–H and O–H groups in total. The van der Waals surface area contributed by atoms with Gasteiger partial charge in [0.15, 0.2) is 0 Å². The van der Waals surface area contributed by atoms with Crippen molar-refractivity contribution in [3.63, 3.8) is 0 Å². The highest BCUT2D eigenvalue weighted by Crippen LogP contribution is 2.26. The minimum Gasteiger partial charge on any atom is -0.480 e. The topological polar surface area (TPSA) is 105 Å². The predicted molar refractivity (Wildman–Crippen MR) is 57.4 cm³/mol. The molecule has 1 aromatic rings. The number of pyridine rings is 1. The molecule has 2 rings (SSSR count). The Balaban J connectivity index is 2.09. The average Bonchev–Trinajstić information content (AvgIpc) is 2.78. The average molecular weight is 237 g/mol. The number of aliphatic carboxylic acids is 1. The first-order chi connectivity index (χ1) is 8.08. The monoisotopic (exact) mass is 237 g/mol. The standard InChI is InChI=1S/C10H11N3O4/c14-10(15)9-4-3-8(12-9)7-2-1-6(5-11-7)13(16)17/h1-2,5,8-9,12H,3-4H2,(H,14,15)/t8-,9+/m0/s1. The van der Waals surface area contributed by atoms with Gasteiger partial charge in [-0.15, -0.1) is 0 Å². The number of carboxylic acid groups (broad SMARTS) is 1. The van der Waals surface area contributed by atoms with E-state index in [9.17, 15) is 14.9 Å². The van der Waals surface area contributed by atoms with E-state index < -0.39 is 16.9 Å². The number of nitrogens with zero attached hydrogens (tertiary/aromatic N) is 2. The first-order valence-electron chi connectivity index (χ1n) is 5.17. The number of hydrogen-bond donors (Lipinski definition) is 2. The summed E-state index contributed by atoms with van der Waals surface area (Å²) in [5.74, 6) is -0.880. The molecule has 1 fully saturated rings. The summed E-state index contributed by atoms with van der Waals surface area (Å²) in [5.41, 5.74) is 0.570. The molecule has 7 nitrogen and oxygen atoms in total. The van der Waals surface area contributed by atoms with Gasteiger partial charge in [0.1, 0.15) is 12.2 Å². The molecule has 0 unspecified atom stereocenters. The normalized spacial score (nSPS) is 23.5. The number of carboxylic acids is 1. The highest BCUT2D eigenvalue weighted by Gasteiger charge is 2.30. The number of nitro groups is 1. The molecule has 1 aliphatic rings. The zero-order chi connectivity index (χ0) is 12.4. The van der Waals surface area contributed by atoms with Crippen LogP contribution in [0.2, 0.25) is 0 Å². The Morgan fingerprint density at radius 1 is 1.53 bits per heavy atom. The van der Waals surface area contributed by atoms with Crippen LogP contribution in [0, 0.1) is 10.1 Å². The number of carbonyl (C=O) groups is 1. The highest BCUT2D eigenvalue weighted by atomic mass is 16.6. The van der Waals surface area contributed by atoms with E-state index in [0.29, 0.717) is 18.5 Å².